The molecule has 2 amide bonds. The number of piperidine rings is 1. The van der Waals surface area contributed by atoms with Gasteiger partial charge in [-0.05, 0) is 73.0 Å². The van der Waals surface area contributed by atoms with Crippen molar-refractivity contribution in [3.63, 3.8) is 0 Å². The maximum atomic E-state index is 13.4. The van der Waals surface area contributed by atoms with Crippen molar-refractivity contribution >= 4 is 23.2 Å². The van der Waals surface area contributed by atoms with Crippen molar-refractivity contribution in [3.8, 4) is 0 Å². The van der Waals surface area contributed by atoms with Crippen molar-refractivity contribution in [1.82, 2.24) is 15.1 Å². The second kappa shape index (κ2) is 6.72. The molecule has 25 heavy (non-hydrogen) atoms. The zero-order chi connectivity index (χ0) is 17.4. The normalized spacial score (nSPS) is 27.5. The number of nitrogens with zero attached hydrogens (tertiary/aromatic N) is 2. The van der Waals surface area contributed by atoms with Crippen molar-refractivity contribution in [1.29, 1.82) is 0 Å². The maximum absolute atomic E-state index is 13.4. The first-order valence-corrected chi connectivity index (χ1v) is 10.3. The lowest BCUT2D eigenvalue weighted by atomic mass is 9.93. The fourth-order valence-electron chi connectivity index (χ4n) is 4.74. The largest absolute Gasteiger partial charge is 0.333 e. The van der Waals surface area contributed by atoms with Crippen LogP contribution in [0.4, 0.5) is 0 Å². The first-order chi connectivity index (χ1) is 12.1. The van der Waals surface area contributed by atoms with Crippen LogP contribution in [-0.4, -0.2) is 53.3 Å². The van der Waals surface area contributed by atoms with Crippen LogP contribution in [0.2, 0.25) is 0 Å². The third-order valence-corrected chi connectivity index (χ3v) is 7.01. The van der Waals surface area contributed by atoms with E-state index in [1.807, 2.05) is 0 Å². The molecule has 3 aliphatic rings. The van der Waals surface area contributed by atoms with E-state index in [-0.39, 0.29) is 17.9 Å². The minimum Gasteiger partial charge on any atom is -0.333 e. The molecular weight excluding hydrogens is 334 g/mol. The Kier molecular flexibility index (Phi) is 4.58. The molecule has 4 rings (SSSR count). The lowest BCUT2D eigenvalue weighted by Crippen LogP contribution is -2.49. The Bertz CT molecular complexity index is 639. The zero-order valence-electron chi connectivity index (χ0n) is 14.9. The van der Waals surface area contributed by atoms with E-state index in [0.29, 0.717) is 18.0 Å². The molecule has 0 bridgehead atoms. The summed E-state index contributed by atoms with van der Waals surface area (Å²) in [5.41, 5.74) is 1.53. The smallest absolute Gasteiger partial charge is 0.245 e. The van der Waals surface area contributed by atoms with E-state index in [0.717, 1.165) is 51.7 Å². The van der Waals surface area contributed by atoms with Crippen LogP contribution < -0.4 is 5.32 Å². The molecule has 3 fully saturated rings. The second-order valence-corrected chi connectivity index (χ2v) is 8.58. The molecule has 1 spiro atoms. The standard InChI is InChI=1S/C19H27N3O2S/c1-14(23)21-9-2-3-16(21)18(24)22(12-15-4-10-25-13-15)17-11-19(17)5-7-20-8-6-19/h4,10,13,16-17,20H,2-3,5-9,11-12H2,1H3/t16-,17+/m1/s1. The fourth-order valence-corrected chi connectivity index (χ4v) is 5.40. The van der Waals surface area contributed by atoms with Crippen LogP contribution in [0, 0.1) is 5.41 Å². The Morgan fingerprint density at radius 1 is 1.40 bits per heavy atom. The van der Waals surface area contributed by atoms with E-state index < -0.39 is 0 Å². The number of rotatable bonds is 4. The maximum Gasteiger partial charge on any atom is 0.245 e. The predicted molar refractivity (Wildman–Crippen MR) is 98.2 cm³/mol. The second-order valence-electron chi connectivity index (χ2n) is 7.80. The van der Waals surface area contributed by atoms with E-state index in [2.05, 4.69) is 27.0 Å². The summed E-state index contributed by atoms with van der Waals surface area (Å²) in [6, 6.07) is 2.20. The van der Waals surface area contributed by atoms with Gasteiger partial charge in [0.25, 0.3) is 0 Å². The molecule has 1 aliphatic carbocycles. The Morgan fingerprint density at radius 2 is 2.20 bits per heavy atom. The van der Waals surface area contributed by atoms with Crippen molar-refractivity contribution in [2.75, 3.05) is 19.6 Å². The summed E-state index contributed by atoms with van der Waals surface area (Å²) in [6.07, 6.45) is 5.18. The summed E-state index contributed by atoms with van der Waals surface area (Å²) in [5.74, 6) is 0.193. The highest BCUT2D eigenvalue weighted by Crippen LogP contribution is 2.56. The number of hydrogen-bond acceptors (Lipinski definition) is 4. The highest BCUT2D eigenvalue weighted by molar-refractivity contribution is 7.07. The van der Waals surface area contributed by atoms with Crippen LogP contribution >= 0.6 is 11.3 Å². The summed E-state index contributed by atoms with van der Waals surface area (Å²) in [5, 5.41) is 7.64. The molecule has 0 radical (unpaired) electrons. The molecule has 1 aromatic heterocycles. The SMILES string of the molecule is CC(=O)N1CCC[C@@H]1C(=O)N(Cc1ccsc1)[C@H]1CC12CCNCC2. The van der Waals surface area contributed by atoms with Gasteiger partial charge in [-0.3, -0.25) is 9.59 Å². The molecule has 2 atom stereocenters. The fraction of sp³-hybridized carbons (Fsp3) is 0.684. The monoisotopic (exact) mass is 361 g/mol. The van der Waals surface area contributed by atoms with Crippen LogP contribution in [-0.2, 0) is 16.1 Å². The van der Waals surface area contributed by atoms with Gasteiger partial charge in [-0.1, -0.05) is 0 Å². The number of hydrogen-bond donors (Lipinski definition) is 1. The van der Waals surface area contributed by atoms with Gasteiger partial charge in [0, 0.05) is 26.1 Å². The Hall–Kier alpha value is -1.40. The van der Waals surface area contributed by atoms with Gasteiger partial charge in [-0.15, -0.1) is 0 Å². The molecule has 136 valence electrons. The van der Waals surface area contributed by atoms with Crippen molar-refractivity contribution < 1.29 is 9.59 Å². The Balaban J connectivity index is 1.55. The zero-order valence-corrected chi connectivity index (χ0v) is 15.7. The van der Waals surface area contributed by atoms with E-state index >= 15 is 0 Å². The van der Waals surface area contributed by atoms with Crippen LogP contribution in [0.25, 0.3) is 0 Å². The third-order valence-electron chi connectivity index (χ3n) is 6.28. The molecule has 5 nitrogen and oxygen atoms in total. The minimum absolute atomic E-state index is 0.0266. The molecule has 0 unspecified atom stereocenters. The minimum atomic E-state index is -0.254. The molecule has 6 heteroatoms. The van der Waals surface area contributed by atoms with Crippen molar-refractivity contribution in [2.24, 2.45) is 5.41 Å². The van der Waals surface area contributed by atoms with Gasteiger partial charge in [-0.2, -0.15) is 11.3 Å². The highest BCUT2D eigenvalue weighted by Gasteiger charge is 2.58. The number of amides is 2. The van der Waals surface area contributed by atoms with Gasteiger partial charge >= 0.3 is 0 Å². The van der Waals surface area contributed by atoms with Crippen LogP contribution in [0.5, 0.6) is 0 Å². The van der Waals surface area contributed by atoms with E-state index in [9.17, 15) is 9.59 Å². The molecule has 1 saturated carbocycles. The summed E-state index contributed by atoms with van der Waals surface area (Å²) in [4.78, 5) is 29.2. The first-order valence-electron chi connectivity index (χ1n) is 9.40. The van der Waals surface area contributed by atoms with E-state index in [1.54, 1.807) is 23.2 Å². The molecular formula is C19H27N3O2S. The van der Waals surface area contributed by atoms with Gasteiger partial charge < -0.3 is 15.1 Å². The van der Waals surface area contributed by atoms with Gasteiger partial charge in [0.05, 0.1) is 0 Å². The van der Waals surface area contributed by atoms with Gasteiger partial charge in [0.15, 0.2) is 0 Å². The van der Waals surface area contributed by atoms with E-state index in [4.69, 9.17) is 0 Å². The molecule has 2 saturated heterocycles. The lowest BCUT2D eigenvalue weighted by molar-refractivity contribution is -0.144. The summed E-state index contributed by atoms with van der Waals surface area (Å²) in [6.45, 7) is 5.10. The average Bonchev–Trinajstić information content (AvgIpc) is 3.06. The topological polar surface area (TPSA) is 52.7 Å². The lowest BCUT2D eigenvalue weighted by Gasteiger charge is -2.33. The highest BCUT2D eigenvalue weighted by atomic mass is 32.1. The number of carbonyl (C=O) groups excluding carboxylic acids is 2. The quantitative estimate of drug-likeness (QED) is 0.895. The summed E-state index contributed by atoms with van der Waals surface area (Å²) >= 11 is 1.68. The number of likely N-dealkylation sites (tertiary alicyclic amines) is 1. The first kappa shape index (κ1) is 17.0. The number of carbonyl (C=O) groups is 2. The van der Waals surface area contributed by atoms with Crippen molar-refractivity contribution in [3.05, 3.63) is 22.4 Å². The molecule has 1 aromatic rings. The van der Waals surface area contributed by atoms with Gasteiger partial charge in [-0.25, -0.2) is 0 Å². The van der Waals surface area contributed by atoms with Gasteiger partial charge in [0.2, 0.25) is 11.8 Å². The summed E-state index contributed by atoms with van der Waals surface area (Å²) < 4.78 is 0. The number of thiophene rings is 1. The molecule has 2 aliphatic heterocycles. The van der Waals surface area contributed by atoms with Gasteiger partial charge in [0.1, 0.15) is 6.04 Å². The molecule has 1 N–H and O–H groups in total. The Labute approximate surface area is 153 Å². The van der Waals surface area contributed by atoms with Crippen LogP contribution in [0.1, 0.15) is 44.6 Å². The number of nitrogens with one attached hydrogen (secondary N) is 1. The third kappa shape index (κ3) is 3.22. The van der Waals surface area contributed by atoms with Crippen LogP contribution in [0.15, 0.2) is 16.8 Å². The average molecular weight is 362 g/mol. The van der Waals surface area contributed by atoms with Crippen LogP contribution in [0.3, 0.4) is 0 Å². The predicted octanol–water partition coefficient (Wildman–Crippen LogP) is 2.23. The summed E-state index contributed by atoms with van der Waals surface area (Å²) in [7, 11) is 0. The van der Waals surface area contributed by atoms with E-state index in [1.165, 1.54) is 5.56 Å². The Morgan fingerprint density at radius 3 is 2.88 bits per heavy atom. The molecule has 3 heterocycles. The molecule has 0 aromatic carbocycles. The van der Waals surface area contributed by atoms with Crippen molar-refractivity contribution in [2.45, 2.75) is 57.7 Å².